The summed E-state index contributed by atoms with van der Waals surface area (Å²) in [6, 6.07) is 1.75. The van der Waals surface area contributed by atoms with Crippen molar-refractivity contribution >= 4 is 17.5 Å². The molecule has 0 aliphatic heterocycles. The number of rotatable bonds is 5. The van der Waals surface area contributed by atoms with Gasteiger partial charge in [-0.1, -0.05) is 11.6 Å². The topological polar surface area (TPSA) is 64.4 Å². The largest absolute Gasteiger partial charge is 0.377 e. The van der Waals surface area contributed by atoms with Gasteiger partial charge in [-0.25, -0.2) is 0 Å². The molecule has 1 saturated carbocycles. The summed E-state index contributed by atoms with van der Waals surface area (Å²) < 4.78 is 9.89. The molecular formula is C12H17ClN2O3. The summed E-state index contributed by atoms with van der Waals surface area (Å²) in [4.78, 5) is 12.0. The molecule has 1 N–H and O–H groups in total. The lowest BCUT2D eigenvalue weighted by Gasteiger charge is -2.17. The Hall–Kier alpha value is -1.07. The number of amides is 1. The van der Waals surface area contributed by atoms with Gasteiger partial charge in [-0.2, -0.15) is 0 Å². The fourth-order valence-electron chi connectivity index (χ4n) is 2.28. The molecule has 1 aromatic rings. The zero-order valence-electron chi connectivity index (χ0n) is 10.3. The van der Waals surface area contributed by atoms with Crippen molar-refractivity contribution in [1.29, 1.82) is 0 Å². The minimum Gasteiger partial charge on any atom is -0.377 e. The third kappa shape index (κ3) is 3.03. The van der Waals surface area contributed by atoms with Crippen molar-refractivity contribution < 1.29 is 14.1 Å². The molecule has 2 rings (SSSR count). The molecule has 100 valence electrons. The van der Waals surface area contributed by atoms with E-state index in [1.165, 1.54) is 0 Å². The first-order valence-corrected chi connectivity index (χ1v) is 6.59. The molecule has 1 aliphatic rings. The monoisotopic (exact) mass is 272 g/mol. The minimum absolute atomic E-state index is 0.151. The Balaban J connectivity index is 1.94. The van der Waals surface area contributed by atoms with E-state index in [-0.39, 0.29) is 11.9 Å². The van der Waals surface area contributed by atoms with Gasteiger partial charge in [-0.15, -0.1) is 11.6 Å². The summed E-state index contributed by atoms with van der Waals surface area (Å²) in [6.45, 7) is 0.314. The lowest BCUT2D eigenvalue weighted by Crippen LogP contribution is -2.38. The van der Waals surface area contributed by atoms with Crippen molar-refractivity contribution in [3.63, 3.8) is 0 Å². The lowest BCUT2D eigenvalue weighted by molar-refractivity contribution is 0.0920. The van der Waals surface area contributed by atoms with Crippen LogP contribution in [0.3, 0.4) is 0 Å². The van der Waals surface area contributed by atoms with Crippen molar-refractivity contribution in [1.82, 2.24) is 10.5 Å². The Morgan fingerprint density at radius 2 is 2.50 bits per heavy atom. The van der Waals surface area contributed by atoms with Crippen LogP contribution in [0.15, 0.2) is 10.6 Å². The van der Waals surface area contributed by atoms with Crippen LogP contribution in [0.2, 0.25) is 0 Å². The molecule has 6 heteroatoms. The van der Waals surface area contributed by atoms with E-state index >= 15 is 0 Å². The zero-order chi connectivity index (χ0) is 13.0. The van der Waals surface area contributed by atoms with Crippen LogP contribution >= 0.6 is 11.6 Å². The third-order valence-corrected chi connectivity index (χ3v) is 3.65. The Morgan fingerprint density at radius 3 is 3.22 bits per heavy atom. The van der Waals surface area contributed by atoms with Crippen LogP contribution in [0.25, 0.3) is 0 Å². The number of hydrogen-bond acceptors (Lipinski definition) is 4. The van der Waals surface area contributed by atoms with Crippen molar-refractivity contribution in [2.45, 2.75) is 31.9 Å². The molecule has 1 amide bonds. The highest BCUT2D eigenvalue weighted by atomic mass is 35.5. The highest BCUT2D eigenvalue weighted by molar-refractivity contribution is 6.18. The standard InChI is InChI=1S/C12H17ClN2O3/c1-17-7-9-5-11(15-18-9)12(16)14-10-4-2-3-8(10)6-13/h5,8,10H,2-4,6-7H2,1H3,(H,14,16). The van der Waals surface area contributed by atoms with Crippen LogP contribution in [0.1, 0.15) is 35.5 Å². The van der Waals surface area contributed by atoms with Gasteiger partial charge in [0.05, 0.1) is 0 Å². The summed E-state index contributed by atoms with van der Waals surface area (Å²) in [5.74, 6) is 1.28. The lowest BCUT2D eigenvalue weighted by atomic mass is 10.1. The maximum atomic E-state index is 12.0. The number of hydrogen-bond donors (Lipinski definition) is 1. The Labute approximate surface area is 111 Å². The van der Waals surface area contributed by atoms with E-state index in [1.54, 1.807) is 13.2 Å². The number of carbonyl (C=O) groups is 1. The summed E-state index contributed by atoms with van der Waals surface area (Å²) >= 11 is 5.88. The van der Waals surface area contributed by atoms with E-state index in [0.29, 0.717) is 29.9 Å². The van der Waals surface area contributed by atoms with Gasteiger partial charge in [0.15, 0.2) is 11.5 Å². The van der Waals surface area contributed by atoms with Gasteiger partial charge in [-0.3, -0.25) is 4.79 Å². The molecule has 0 spiro atoms. The van der Waals surface area contributed by atoms with Gasteiger partial charge >= 0.3 is 0 Å². The van der Waals surface area contributed by atoms with E-state index < -0.39 is 0 Å². The molecule has 0 radical (unpaired) electrons. The number of aromatic nitrogens is 1. The van der Waals surface area contributed by atoms with Crippen molar-refractivity contribution in [2.75, 3.05) is 13.0 Å². The smallest absolute Gasteiger partial charge is 0.273 e. The average Bonchev–Trinajstić information content (AvgIpc) is 2.98. The number of methoxy groups -OCH3 is 1. The highest BCUT2D eigenvalue weighted by Gasteiger charge is 2.28. The Kier molecular flexibility index (Phi) is 4.60. The predicted molar refractivity (Wildman–Crippen MR) is 66.5 cm³/mol. The average molecular weight is 273 g/mol. The minimum atomic E-state index is -0.205. The molecule has 0 bridgehead atoms. The number of nitrogens with one attached hydrogen (secondary N) is 1. The summed E-state index contributed by atoms with van der Waals surface area (Å²) in [5.41, 5.74) is 0.294. The second kappa shape index (κ2) is 6.20. The number of nitrogens with zero attached hydrogens (tertiary/aromatic N) is 1. The molecule has 0 saturated heterocycles. The first-order chi connectivity index (χ1) is 8.74. The van der Waals surface area contributed by atoms with Crippen molar-refractivity contribution in [2.24, 2.45) is 5.92 Å². The number of carbonyl (C=O) groups excluding carboxylic acids is 1. The second-order valence-corrected chi connectivity index (χ2v) is 4.85. The van der Waals surface area contributed by atoms with E-state index in [9.17, 15) is 4.79 Å². The summed E-state index contributed by atoms with van der Waals surface area (Å²) in [7, 11) is 1.56. The molecule has 0 aromatic carbocycles. The molecule has 1 fully saturated rings. The van der Waals surface area contributed by atoms with Gasteiger partial charge in [0, 0.05) is 25.1 Å². The molecular weight excluding hydrogens is 256 g/mol. The van der Waals surface area contributed by atoms with E-state index in [0.717, 1.165) is 19.3 Å². The van der Waals surface area contributed by atoms with Crippen molar-refractivity contribution in [3.8, 4) is 0 Å². The molecule has 2 unspecified atom stereocenters. The summed E-state index contributed by atoms with van der Waals surface area (Å²) in [6.07, 6.45) is 3.16. The van der Waals surface area contributed by atoms with Crippen LogP contribution in [0, 0.1) is 5.92 Å². The third-order valence-electron chi connectivity index (χ3n) is 3.25. The van der Waals surface area contributed by atoms with Crippen LogP contribution in [-0.4, -0.2) is 30.1 Å². The highest BCUT2D eigenvalue weighted by Crippen LogP contribution is 2.26. The fraction of sp³-hybridized carbons (Fsp3) is 0.667. The van der Waals surface area contributed by atoms with Crippen LogP contribution in [-0.2, 0) is 11.3 Å². The van der Waals surface area contributed by atoms with Gasteiger partial charge in [0.1, 0.15) is 6.61 Å². The number of halogens is 1. The molecule has 18 heavy (non-hydrogen) atoms. The molecule has 5 nitrogen and oxygen atoms in total. The second-order valence-electron chi connectivity index (χ2n) is 4.54. The van der Waals surface area contributed by atoms with Crippen LogP contribution in [0.4, 0.5) is 0 Å². The zero-order valence-corrected chi connectivity index (χ0v) is 11.1. The van der Waals surface area contributed by atoms with Crippen LogP contribution in [0.5, 0.6) is 0 Å². The van der Waals surface area contributed by atoms with Gasteiger partial charge in [0.2, 0.25) is 0 Å². The van der Waals surface area contributed by atoms with E-state index in [1.807, 2.05) is 0 Å². The quantitative estimate of drug-likeness (QED) is 0.832. The number of alkyl halides is 1. The first kappa shape index (κ1) is 13.4. The molecule has 1 heterocycles. The SMILES string of the molecule is COCc1cc(C(=O)NC2CCCC2CCl)no1. The normalized spacial score (nSPS) is 23.2. The van der Waals surface area contributed by atoms with E-state index in [4.69, 9.17) is 20.9 Å². The van der Waals surface area contributed by atoms with Gasteiger partial charge in [0.25, 0.3) is 5.91 Å². The van der Waals surface area contributed by atoms with Crippen LogP contribution < -0.4 is 5.32 Å². The molecule has 2 atom stereocenters. The summed E-state index contributed by atoms with van der Waals surface area (Å²) in [5, 5.41) is 6.69. The predicted octanol–water partition coefficient (Wildman–Crippen LogP) is 1.96. The van der Waals surface area contributed by atoms with Gasteiger partial charge < -0.3 is 14.6 Å². The first-order valence-electron chi connectivity index (χ1n) is 6.06. The maximum Gasteiger partial charge on any atom is 0.273 e. The van der Waals surface area contributed by atoms with Gasteiger partial charge in [-0.05, 0) is 18.8 Å². The molecule has 1 aliphatic carbocycles. The fourth-order valence-corrected chi connectivity index (χ4v) is 2.65. The van der Waals surface area contributed by atoms with Crippen molar-refractivity contribution in [3.05, 3.63) is 17.5 Å². The number of ether oxygens (including phenoxy) is 1. The maximum absolute atomic E-state index is 12.0. The Morgan fingerprint density at radius 1 is 1.67 bits per heavy atom. The molecule has 1 aromatic heterocycles. The Bertz CT molecular complexity index is 408. The van der Waals surface area contributed by atoms with E-state index in [2.05, 4.69) is 10.5 Å².